The number of hydrogen-bond donors (Lipinski definition) is 3. The van der Waals surface area contributed by atoms with Crippen LogP contribution in [0.25, 0.3) is 0 Å². The van der Waals surface area contributed by atoms with Gasteiger partial charge in [-0.3, -0.25) is 4.79 Å². The Morgan fingerprint density at radius 2 is 2.00 bits per heavy atom. The molecule has 1 heterocycles. The number of rotatable bonds is 7. The molecule has 0 spiro atoms. The van der Waals surface area contributed by atoms with Gasteiger partial charge in [0.15, 0.2) is 12.6 Å². The molecule has 28 heavy (non-hydrogen) atoms. The number of nitrogens with one attached hydrogen (secondary N) is 1. The fourth-order valence-corrected chi connectivity index (χ4v) is 2.74. The average Bonchev–Trinajstić information content (AvgIpc) is 2.66. The van der Waals surface area contributed by atoms with Crippen LogP contribution >= 0.6 is 24.0 Å². The highest BCUT2D eigenvalue weighted by atomic mass is 127. The minimum Gasteiger partial charge on any atom is -0.484 e. The maximum absolute atomic E-state index is 11.7. The molecule has 0 radical (unpaired) electrons. The van der Waals surface area contributed by atoms with E-state index in [-0.39, 0.29) is 42.7 Å². The van der Waals surface area contributed by atoms with E-state index in [1.54, 1.807) is 24.0 Å². The summed E-state index contributed by atoms with van der Waals surface area (Å²) in [7, 11) is 0. The highest BCUT2D eigenvalue weighted by Crippen LogP contribution is 2.14. The lowest BCUT2D eigenvalue weighted by atomic mass is 10.1. The number of piperidine rings is 1. The van der Waals surface area contributed by atoms with E-state index in [2.05, 4.69) is 10.3 Å². The second-order valence-electron chi connectivity index (χ2n) is 6.21. The lowest BCUT2D eigenvalue weighted by Crippen LogP contribution is -2.48. The van der Waals surface area contributed by atoms with Gasteiger partial charge in [0.05, 0.1) is 13.2 Å². The number of carbonyl (C=O) groups is 2. The van der Waals surface area contributed by atoms with Crippen molar-refractivity contribution in [2.75, 3.05) is 26.3 Å². The molecule has 0 bridgehead atoms. The molecule has 5 N–H and O–H groups in total. The second-order valence-corrected chi connectivity index (χ2v) is 6.21. The molecule has 1 aliphatic rings. The Morgan fingerprint density at radius 3 is 2.64 bits per heavy atom. The first-order valence-electron chi connectivity index (χ1n) is 8.96. The quantitative estimate of drug-likeness (QED) is 0.290. The average molecular weight is 505 g/mol. The molecular formula is C18H28IN5O4. The Balaban J connectivity index is 0.00000392. The van der Waals surface area contributed by atoms with Crippen molar-refractivity contribution in [2.24, 2.45) is 16.5 Å². The molecule has 0 unspecified atom stereocenters. The Bertz CT molecular complexity index is 678. The van der Waals surface area contributed by atoms with Gasteiger partial charge in [-0.15, -0.1) is 24.0 Å². The van der Waals surface area contributed by atoms with E-state index in [9.17, 15) is 9.59 Å². The van der Waals surface area contributed by atoms with Gasteiger partial charge in [-0.1, -0.05) is 12.1 Å². The van der Waals surface area contributed by atoms with Crippen molar-refractivity contribution in [1.82, 2.24) is 10.2 Å². The SMILES string of the molecule is CCOC(=O)N1CCC(NC(N)=NCc2cccc(OCC(N)=O)c2)CC1.I. The molecule has 0 saturated carbocycles. The van der Waals surface area contributed by atoms with E-state index in [0.29, 0.717) is 38.0 Å². The van der Waals surface area contributed by atoms with Crippen LogP contribution in [0.1, 0.15) is 25.3 Å². The summed E-state index contributed by atoms with van der Waals surface area (Å²) in [6.45, 7) is 3.65. The fourth-order valence-electron chi connectivity index (χ4n) is 2.74. The third-order valence-corrected chi connectivity index (χ3v) is 4.08. The van der Waals surface area contributed by atoms with Gasteiger partial charge >= 0.3 is 6.09 Å². The monoisotopic (exact) mass is 505 g/mol. The van der Waals surface area contributed by atoms with Crippen molar-refractivity contribution in [3.63, 3.8) is 0 Å². The van der Waals surface area contributed by atoms with Gasteiger partial charge in [-0.05, 0) is 37.5 Å². The molecule has 2 rings (SSSR count). The van der Waals surface area contributed by atoms with Crippen LogP contribution in [-0.2, 0) is 16.1 Å². The maximum atomic E-state index is 11.7. The summed E-state index contributed by atoms with van der Waals surface area (Å²) in [5.74, 6) is 0.383. The first-order chi connectivity index (χ1) is 13.0. The van der Waals surface area contributed by atoms with Gasteiger partial charge in [-0.2, -0.15) is 0 Å². The summed E-state index contributed by atoms with van der Waals surface area (Å²) in [6.07, 6.45) is 1.30. The number of hydrogen-bond acceptors (Lipinski definition) is 5. The highest BCUT2D eigenvalue weighted by molar-refractivity contribution is 14.0. The predicted octanol–water partition coefficient (Wildman–Crippen LogP) is 1.19. The highest BCUT2D eigenvalue weighted by Gasteiger charge is 2.23. The zero-order valence-corrected chi connectivity index (χ0v) is 18.3. The molecule has 9 nitrogen and oxygen atoms in total. The van der Waals surface area contributed by atoms with Crippen molar-refractivity contribution in [1.29, 1.82) is 0 Å². The van der Waals surface area contributed by atoms with E-state index in [1.165, 1.54) is 0 Å². The van der Waals surface area contributed by atoms with Crippen LogP contribution in [0.15, 0.2) is 29.3 Å². The van der Waals surface area contributed by atoms with E-state index in [1.807, 2.05) is 12.1 Å². The molecule has 1 saturated heterocycles. The van der Waals surface area contributed by atoms with Gasteiger partial charge in [-0.25, -0.2) is 9.79 Å². The number of carbonyl (C=O) groups excluding carboxylic acids is 2. The Labute approximate surface area is 181 Å². The number of likely N-dealkylation sites (tertiary alicyclic amines) is 1. The number of amides is 2. The molecule has 156 valence electrons. The maximum Gasteiger partial charge on any atom is 0.409 e. The van der Waals surface area contributed by atoms with Gasteiger partial charge in [0.1, 0.15) is 5.75 Å². The number of aliphatic imine (C=N–C) groups is 1. The van der Waals surface area contributed by atoms with Gasteiger partial charge in [0, 0.05) is 19.1 Å². The number of benzene rings is 1. The van der Waals surface area contributed by atoms with Crippen molar-refractivity contribution in [3.8, 4) is 5.75 Å². The molecular weight excluding hydrogens is 477 g/mol. The number of halogens is 1. The summed E-state index contributed by atoms with van der Waals surface area (Å²) < 4.78 is 10.3. The topological polar surface area (TPSA) is 132 Å². The van der Waals surface area contributed by atoms with E-state index < -0.39 is 5.91 Å². The van der Waals surface area contributed by atoms with Crippen LogP contribution in [0, 0.1) is 0 Å². The third-order valence-electron chi connectivity index (χ3n) is 4.08. The number of guanidine groups is 1. The summed E-state index contributed by atoms with van der Waals surface area (Å²) in [4.78, 5) is 28.5. The van der Waals surface area contributed by atoms with Crippen molar-refractivity contribution in [2.45, 2.75) is 32.4 Å². The normalized spacial score (nSPS) is 14.8. The van der Waals surface area contributed by atoms with Crippen molar-refractivity contribution >= 4 is 41.9 Å². The first kappa shape index (κ1) is 23.8. The lowest BCUT2D eigenvalue weighted by molar-refractivity contribution is -0.119. The number of nitrogens with two attached hydrogens (primary N) is 2. The standard InChI is InChI=1S/C18H27N5O4.HI/c1-2-26-18(25)23-8-6-14(7-9-23)22-17(20)21-11-13-4-3-5-15(10-13)27-12-16(19)24;/h3-5,10,14H,2,6-9,11-12H2,1H3,(H2,19,24)(H3,20,21,22);1H. The zero-order valence-electron chi connectivity index (χ0n) is 15.9. The van der Waals surface area contributed by atoms with Gasteiger partial charge in [0.25, 0.3) is 5.91 Å². The van der Waals surface area contributed by atoms with E-state index >= 15 is 0 Å². The van der Waals surface area contributed by atoms with Crippen molar-refractivity contribution in [3.05, 3.63) is 29.8 Å². The Hall–Kier alpha value is -2.24. The number of nitrogens with zero attached hydrogens (tertiary/aromatic N) is 2. The summed E-state index contributed by atoms with van der Waals surface area (Å²) in [6, 6.07) is 7.42. The zero-order chi connectivity index (χ0) is 19.6. The van der Waals surface area contributed by atoms with Gasteiger partial charge < -0.3 is 31.2 Å². The first-order valence-corrected chi connectivity index (χ1v) is 8.96. The minimum atomic E-state index is -0.527. The Kier molecular flexibility index (Phi) is 10.4. The molecule has 1 aromatic carbocycles. The van der Waals surface area contributed by atoms with Gasteiger partial charge in [0.2, 0.25) is 0 Å². The van der Waals surface area contributed by atoms with Crippen LogP contribution in [0.2, 0.25) is 0 Å². The number of ether oxygens (including phenoxy) is 2. The lowest BCUT2D eigenvalue weighted by Gasteiger charge is -2.31. The third kappa shape index (κ3) is 8.19. The molecule has 10 heteroatoms. The van der Waals surface area contributed by atoms with Crippen LogP contribution in [-0.4, -0.2) is 55.2 Å². The molecule has 1 fully saturated rings. The smallest absolute Gasteiger partial charge is 0.409 e. The van der Waals surface area contributed by atoms with E-state index in [4.69, 9.17) is 20.9 Å². The summed E-state index contributed by atoms with van der Waals surface area (Å²) in [5.41, 5.74) is 11.9. The molecule has 0 aromatic heterocycles. The fraction of sp³-hybridized carbons (Fsp3) is 0.500. The van der Waals surface area contributed by atoms with Crippen LogP contribution in [0.4, 0.5) is 4.79 Å². The predicted molar refractivity (Wildman–Crippen MR) is 117 cm³/mol. The minimum absolute atomic E-state index is 0. The molecule has 0 atom stereocenters. The summed E-state index contributed by atoms with van der Waals surface area (Å²) >= 11 is 0. The largest absolute Gasteiger partial charge is 0.484 e. The van der Waals surface area contributed by atoms with E-state index in [0.717, 1.165) is 18.4 Å². The Morgan fingerprint density at radius 1 is 1.29 bits per heavy atom. The summed E-state index contributed by atoms with van der Waals surface area (Å²) in [5, 5.41) is 3.19. The second kappa shape index (κ2) is 12.3. The molecule has 0 aliphatic carbocycles. The number of primary amides is 1. The van der Waals surface area contributed by atoms with Crippen LogP contribution in [0.3, 0.4) is 0 Å². The van der Waals surface area contributed by atoms with Crippen LogP contribution in [0.5, 0.6) is 5.75 Å². The molecule has 2 amide bonds. The molecule has 1 aromatic rings. The van der Waals surface area contributed by atoms with Crippen molar-refractivity contribution < 1.29 is 19.1 Å². The molecule has 1 aliphatic heterocycles. The van der Waals surface area contributed by atoms with Crippen LogP contribution < -0.4 is 21.5 Å².